The van der Waals surface area contributed by atoms with E-state index in [2.05, 4.69) is 57.3 Å². The van der Waals surface area contributed by atoms with E-state index in [4.69, 9.17) is 0 Å². The van der Waals surface area contributed by atoms with Gasteiger partial charge >= 0.3 is 0 Å². The summed E-state index contributed by atoms with van der Waals surface area (Å²) in [7, 11) is -3.04. The van der Waals surface area contributed by atoms with Crippen LogP contribution in [0.3, 0.4) is 0 Å². The minimum absolute atomic E-state index is 0.0197. The van der Waals surface area contributed by atoms with E-state index in [0.717, 1.165) is 5.56 Å². The number of sulfone groups is 1. The van der Waals surface area contributed by atoms with E-state index in [1.165, 1.54) is 11.8 Å². The number of hydrogen-bond acceptors (Lipinski definition) is 3. The van der Waals surface area contributed by atoms with Crippen molar-refractivity contribution >= 4 is 15.7 Å². The van der Waals surface area contributed by atoms with E-state index < -0.39 is 9.84 Å². The molecule has 0 spiro atoms. The average Bonchev–Trinajstić information content (AvgIpc) is 2.43. The third-order valence-electron chi connectivity index (χ3n) is 4.04. The van der Waals surface area contributed by atoms with Gasteiger partial charge in [-0.1, -0.05) is 52.0 Å². The lowest BCUT2D eigenvalue weighted by Crippen LogP contribution is -2.30. The Morgan fingerprint density at radius 3 is 2.00 bits per heavy atom. The van der Waals surface area contributed by atoms with Crippen molar-refractivity contribution in [1.82, 2.24) is 5.32 Å². The number of amides is 1. The van der Waals surface area contributed by atoms with Gasteiger partial charge in [0, 0.05) is 19.2 Å². The molecule has 1 rings (SSSR count). The van der Waals surface area contributed by atoms with Crippen LogP contribution in [0, 0.1) is 5.92 Å². The standard InChI is InChI=1S/C18H29NO3S/c1-13(2)15-6-8-16(9-7-15)17(14(3)4)12-18(20)19-10-11-23(5,21)22/h6-9,13-14,17H,10-12H2,1-5H3,(H,19,20). The second-order valence-electron chi connectivity index (χ2n) is 6.86. The Kier molecular flexibility index (Phi) is 7.26. The molecule has 130 valence electrons. The fraction of sp³-hybridized carbons (Fsp3) is 0.611. The van der Waals surface area contributed by atoms with Gasteiger partial charge in [0.25, 0.3) is 0 Å². The first kappa shape index (κ1) is 19.7. The largest absolute Gasteiger partial charge is 0.355 e. The van der Waals surface area contributed by atoms with Crippen LogP contribution in [0.4, 0.5) is 0 Å². The third kappa shape index (κ3) is 7.16. The van der Waals surface area contributed by atoms with Crippen molar-refractivity contribution in [3.05, 3.63) is 35.4 Å². The predicted molar refractivity (Wildman–Crippen MR) is 95.4 cm³/mol. The number of nitrogens with one attached hydrogen (secondary N) is 1. The van der Waals surface area contributed by atoms with Gasteiger partial charge in [0.15, 0.2) is 0 Å². The Hall–Kier alpha value is -1.36. The lowest BCUT2D eigenvalue weighted by Gasteiger charge is -2.21. The first-order valence-electron chi connectivity index (χ1n) is 8.14. The van der Waals surface area contributed by atoms with Crippen LogP contribution in [0.5, 0.6) is 0 Å². The van der Waals surface area contributed by atoms with E-state index in [-0.39, 0.29) is 24.1 Å². The molecule has 1 unspecified atom stereocenters. The van der Waals surface area contributed by atoms with Crippen LogP contribution in [-0.4, -0.2) is 32.9 Å². The molecule has 1 aromatic rings. The molecule has 0 saturated carbocycles. The van der Waals surface area contributed by atoms with Crippen molar-refractivity contribution < 1.29 is 13.2 Å². The Labute approximate surface area is 140 Å². The summed E-state index contributed by atoms with van der Waals surface area (Å²) in [4.78, 5) is 12.1. The van der Waals surface area contributed by atoms with Crippen molar-refractivity contribution in [2.24, 2.45) is 5.92 Å². The van der Waals surface area contributed by atoms with Crippen molar-refractivity contribution in [2.75, 3.05) is 18.6 Å². The summed E-state index contributed by atoms with van der Waals surface area (Å²) in [6.07, 6.45) is 1.55. The Morgan fingerprint density at radius 1 is 1.04 bits per heavy atom. The molecule has 1 amide bonds. The van der Waals surface area contributed by atoms with Crippen molar-refractivity contribution in [3.63, 3.8) is 0 Å². The van der Waals surface area contributed by atoms with Crippen LogP contribution < -0.4 is 5.32 Å². The Morgan fingerprint density at radius 2 is 1.57 bits per heavy atom. The molecule has 23 heavy (non-hydrogen) atoms. The number of carbonyl (C=O) groups is 1. The summed E-state index contributed by atoms with van der Waals surface area (Å²) < 4.78 is 22.2. The number of rotatable bonds is 8. The van der Waals surface area contributed by atoms with E-state index in [9.17, 15) is 13.2 Å². The molecule has 0 saturated heterocycles. The maximum Gasteiger partial charge on any atom is 0.220 e. The molecular formula is C18H29NO3S. The monoisotopic (exact) mass is 339 g/mol. The Balaban J connectivity index is 2.69. The van der Waals surface area contributed by atoms with E-state index in [1.807, 2.05) is 0 Å². The summed E-state index contributed by atoms with van der Waals surface area (Å²) >= 11 is 0. The topological polar surface area (TPSA) is 63.2 Å². The minimum Gasteiger partial charge on any atom is -0.355 e. The Bertz CT molecular complexity index is 604. The highest BCUT2D eigenvalue weighted by molar-refractivity contribution is 7.90. The van der Waals surface area contributed by atoms with E-state index in [0.29, 0.717) is 18.3 Å². The number of carbonyl (C=O) groups excluding carboxylic acids is 1. The maximum absolute atomic E-state index is 12.1. The van der Waals surface area contributed by atoms with Gasteiger partial charge in [-0.25, -0.2) is 8.42 Å². The molecule has 0 aliphatic heterocycles. The van der Waals surface area contributed by atoms with Gasteiger partial charge in [0.05, 0.1) is 5.75 Å². The second-order valence-corrected chi connectivity index (χ2v) is 9.12. The molecule has 0 aliphatic carbocycles. The third-order valence-corrected chi connectivity index (χ3v) is 4.98. The minimum atomic E-state index is -3.04. The lowest BCUT2D eigenvalue weighted by atomic mass is 9.84. The molecule has 0 bridgehead atoms. The van der Waals surface area contributed by atoms with Gasteiger partial charge in [-0.3, -0.25) is 4.79 Å². The first-order valence-corrected chi connectivity index (χ1v) is 10.2. The number of hydrogen-bond donors (Lipinski definition) is 1. The molecule has 1 atom stereocenters. The van der Waals surface area contributed by atoms with Gasteiger partial charge in [0.1, 0.15) is 9.84 Å². The fourth-order valence-electron chi connectivity index (χ4n) is 2.51. The summed E-state index contributed by atoms with van der Waals surface area (Å²) in [5.41, 5.74) is 2.44. The highest BCUT2D eigenvalue weighted by atomic mass is 32.2. The smallest absolute Gasteiger partial charge is 0.220 e. The van der Waals surface area contributed by atoms with E-state index in [1.54, 1.807) is 0 Å². The zero-order chi connectivity index (χ0) is 17.6. The molecule has 0 radical (unpaired) electrons. The molecule has 0 aliphatic rings. The van der Waals surface area contributed by atoms with Crippen molar-refractivity contribution in [2.45, 2.75) is 46.0 Å². The summed E-state index contributed by atoms with van der Waals surface area (Å²) in [5.74, 6) is 0.838. The molecule has 1 N–H and O–H groups in total. The average molecular weight is 340 g/mol. The van der Waals surface area contributed by atoms with Crippen LogP contribution in [0.1, 0.15) is 57.1 Å². The summed E-state index contributed by atoms with van der Waals surface area (Å²) in [6, 6.07) is 8.45. The predicted octanol–water partition coefficient (Wildman–Crippen LogP) is 3.10. The molecule has 5 heteroatoms. The van der Waals surface area contributed by atoms with Gasteiger partial charge < -0.3 is 5.32 Å². The van der Waals surface area contributed by atoms with Crippen LogP contribution in [-0.2, 0) is 14.6 Å². The molecular weight excluding hydrogens is 310 g/mol. The summed E-state index contributed by atoms with van der Waals surface area (Å²) in [6.45, 7) is 8.69. The quantitative estimate of drug-likeness (QED) is 0.791. The zero-order valence-corrected chi connectivity index (χ0v) is 15.6. The molecule has 1 aromatic carbocycles. The van der Waals surface area contributed by atoms with E-state index >= 15 is 0 Å². The fourth-order valence-corrected chi connectivity index (χ4v) is 2.99. The number of benzene rings is 1. The highest BCUT2D eigenvalue weighted by Crippen LogP contribution is 2.29. The molecule has 4 nitrogen and oxygen atoms in total. The molecule has 0 fully saturated rings. The van der Waals surface area contributed by atoms with Crippen LogP contribution >= 0.6 is 0 Å². The van der Waals surface area contributed by atoms with Gasteiger partial charge in [-0.05, 0) is 28.9 Å². The van der Waals surface area contributed by atoms with Crippen LogP contribution in [0.15, 0.2) is 24.3 Å². The zero-order valence-electron chi connectivity index (χ0n) is 14.8. The van der Waals surface area contributed by atoms with Crippen molar-refractivity contribution in [1.29, 1.82) is 0 Å². The normalized spacial score (nSPS) is 13.3. The van der Waals surface area contributed by atoms with Crippen molar-refractivity contribution in [3.8, 4) is 0 Å². The van der Waals surface area contributed by atoms with Crippen LogP contribution in [0.2, 0.25) is 0 Å². The SMILES string of the molecule is CC(C)c1ccc(C(CC(=O)NCCS(C)(=O)=O)C(C)C)cc1. The highest BCUT2D eigenvalue weighted by Gasteiger charge is 2.20. The maximum atomic E-state index is 12.1. The first-order chi connectivity index (χ1) is 10.6. The second kappa shape index (κ2) is 8.48. The molecule has 0 heterocycles. The van der Waals surface area contributed by atoms with Gasteiger partial charge in [0.2, 0.25) is 5.91 Å². The molecule has 0 aromatic heterocycles. The lowest BCUT2D eigenvalue weighted by molar-refractivity contribution is -0.121. The van der Waals surface area contributed by atoms with Gasteiger partial charge in [-0.2, -0.15) is 0 Å². The summed E-state index contributed by atoms with van der Waals surface area (Å²) in [5, 5.41) is 2.71. The van der Waals surface area contributed by atoms with Gasteiger partial charge in [-0.15, -0.1) is 0 Å². The van der Waals surface area contributed by atoms with Crippen LogP contribution in [0.25, 0.3) is 0 Å².